The third kappa shape index (κ3) is 3.12. The van der Waals surface area contributed by atoms with E-state index in [2.05, 4.69) is 26.3 Å². The van der Waals surface area contributed by atoms with Crippen molar-refractivity contribution in [3.63, 3.8) is 0 Å². The average Bonchev–Trinajstić information content (AvgIpc) is 3.37. The number of aromatic nitrogens is 2. The number of anilines is 1. The van der Waals surface area contributed by atoms with E-state index in [-0.39, 0.29) is 11.4 Å². The van der Waals surface area contributed by atoms with Crippen LogP contribution in [0.1, 0.15) is 48.0 Å². The molecular formula is C23H23N5OS. The van der Waals surface area contributed by atoms with Crippen LogP contribution in [0.2, 0.25) is 0 Å². The molecule has 1 unspecified atom stereocenters. The van der Waals surface area contributed by atoms with Crippen LogP contribution < -0.4 is 4.90 Å². The van der Waals surface area contributed by atoms with Crippen LogP contribution in [0.3, 0.4) is 0 Å². The highest BCUT2D eigenvalue weighted by Crippen LogP contribution is 2.43. The Labute approximate surface area is 179 Å². The van der Waals surface area contributed by atoms with Crippen LogP contribution in [0.5, 0.6) is 0 Å². The molecule has 2 saturated heterocycles. The second-order valence-electron chi connectivity index (χ2n) is 8.11. The molecule has 1 atom stereocenters. The van der Waals surface area contributed by atoms with Crippen molar-refractivity contribution in [2.75, 3.05) is 24.5 Å². The summed E-state index contributed by atoms with van der Waals surface area (Å²) in [6, 6.07) is 11.3. The van der Waals surface area contributed by atoms with Gasteiger partial charge in [0.1, 0.15) is 12.1 Å². The van der Waals surface area contributed by atoms with Crippen LogP contribution in [0.4, 0.5) is 5.82 Å². The van der Waals surface area contributed by atoms with Gasteiger partial charge in [0, 0.05) is 25.2 Å². The highest BCUT2D eigenvalue weighted by Gasteiger charge is 2.43. The zero-order valence-electron chi connectivity index (χ0n) is 16.8. The van der Waals surface area contributed by atoms with Crippen molar-refractivity contribution in [2.24, 2.45) is 0 Å². The third-order valence-corrected chi connectivity index (χ3v) is 7.46. The van der Waals surface area contributed by atoms with Crippen LogP contribution in [0.25, 0.3) is 10.2 Å². The fourth-order valence-corrected chi connectivity index (χ4v) is 5.92. The van der Waals surface area contributed by atoms with E-state index < -0.39 is 0 Å². The Hall–Kier alpha value is -2.98. The first-order valence-corrected chi connectivity index (χ1v) is 11.3. The summed E-state index contributed by atoms with van der Waals surface area (Å²) in [5.41, 5.74) is 2.00. The number of likely N-dealkylation sites (tertiary alicyclic amines) is 1. The maximum absolute atomic E-state index is 13.2. The topological polar surface area (TPSA) is 73.1 Å². The molecular weight excluding hydrogens is 394 g/mol. The molecule has 2 fully saturated rings. The number of hydrogen-bond acceptors (Lipinski definition) is 6. The van der Waals surface area contributed by atoms with Crippen LogP contribution in [-0.4, -0.2) is 45.9 Å². The number of nitrogens with zero attached hydrogens (tertiary/aromatic N) is 5. The van der Waals surface area contributed by atoms with Crippen LogP contribution >= 0.6 is 11.3 Å². The number of amides is 1. The van der Waals surface area contributed by atoms with Crippen molar-refractivity contribution >= 4 is 33.3 Å². The summed E-state index contributed by atoms with van der Waals surface area (Å²) in [6.45, 7) is 2.43. The molecule has 0 aliphatic carbocycles. The van der Waals surface area contributed by atoms with E-state index in [9.17, 15) is 10.1 Å². The van der Waals surface area contributed by atoms with Crippen LogP contribution in [0, 0.1) is 11.3 Å². The molecule has 0 radical (unpaired) electrons. The minimum atomic E-state index is -0.0311. The SMILES string of the molecule is N#Cc1ccccc1C(=O)N1CCCC2(CCCN2c2ncnc3ccsc23)CC1. The van der Waals surface area contributed by atoms with Gasteiger partial charge in [-0.15, -0.1) is 11.3 Å². The van der Waals surface area contributed by atoms with Gasteiger partial charge in [0.25, 0.3) is 5.91 Å². The van der Waals surface area contributed by atoms with Gasteiger partial charge in [0.2, 0.25) is 0 Å². The minimum absolute atomic E-state index is 0.0311. The zero-order valence-corrected chi connectivity index (χ0v) is 17.6. The normalized spacial score (nSPS) is 21.7. The van der Waals surface area contributed by atoms with Crippen molar-refractivity contribution in [1.29, 1.82) is 5.26 Å². The lowest BCUT2D eigenvalue weighted by Gasteiger charge is -2.39. The number of carbonyl (C=O) groups is 1. The zero-order chi connectivity index (χ0) is 20.6. The van der Waals surface area contributed by atoms with E-state index in [1.54, 1.807) is 35.9 Å². The second kappa shape index (κ2) is 7.69. The van der Waals surface area contributed by atoms with E-state index in [1.165, 1.54) is 0 Å². The van der Waals surface area contributed by atoms with E-state index in [0.29, 0.717) is 17.7 Å². The van der Waals surface area contributed by atoms with E-state index in [0.717, 1.165) is 61.2 Å². The standard InChI is InChI=1S/C23H23N5OS/c24-15-17-5-1-2-6-18(17)22(29)27-11-3-8-23(10-13-27)9-4-12-28(23)21-20-19(7-14-30-20)25-16-26-21/h1-2,5-7,14,16H,3-4,8-13H2. The van der Waals surface area contributed by atoms with Crippen molar-refractivity contribution in [3.8, 4) is 6.07 Å². The summed E-state index contributed by atoms with van der Waals surface area (Å²) < 4.78 is 1.15. The van der Waals surface area contributed by atoms with Gasteiger partial charge >= 0.3 is 0 Å². The number of benzene rings is 1. The second-order valence-corrected chi connectivity index (χ2v) is 9.03. The van der Waals surface area contributed by atoms with E-state index in [4.69, 9.17) is 0 Å². The molecule has 1 aromatic carbocycles. The highest BCUT2D eigenvalue weighted by molar-refractivity contribution is 7.17. The Bertz CT molecular complexity index is 1140. The first-order chi connectivity index (χ1) is 14.7. The predicted octanol–water partition coefficient (Wildman–Crippen LogP) is 4.23. The molecule has 152 valence electrons. The number of hydrogen-bond donors (Lipinski definition) is 0. The molecule has 7 heteroatoms. The molecule has 4 heterocycles. The summed E-state index contributed by atoms with van der Waals surface area (Å²) in [5.74, 6) is 1.01. The molecule has 30 heavy (non-hydrogen) atoms. The molecule has 0 bridgehead atoms. The van der Waals surface area contributed by atoms with E-state index >= 15 is 0 Å². The average molecular weight is 418 g/mol. The summed E-state index contributed by atoms with van der Waals surface area (Å²) >= 11 is 1.70. The number of fused-ring (bicyclic) bond motifs is 1. The quantitative estimate of drug-likeness (QED) is 0.624. The summed E-state index contributed by atoms with van der Waals surface area (Å²) in [7, 11) is 0. The van der Waals surface area contributed by atoms with Gasteiger partial charge in [-0.3, -0.25) is 4.79 Å². The molecule has 2 aliphatic heterocycles. The number of nitriles is 1. The number of rotatable bonds is 2. The van der Waals surface area contributed by atoms with Gasteiger partial charge < -0.3 is 9.80 Å². The molecule has 2 aromatic heterocycles. The predicted molar refractivity (Wildman–Crippen MR) is 118 cm³/mol. The van der Waals surface area contributed by atoms with Crippen molar-refractivity contribution in [2.45, 2.75) is 37.6 Å². The fraction of sp³-hybridized carbons (Fsp3) is 0.391. The molecule has 0 N–H and O–H groups in total. The van der Waals surface area contributed by atoms with Gasteiger partial charge in [-0.2, -0.15) is 5.26 Å². The Morgan fingerprint density at radius 2 is 1.90 bits per heavy atom. The van der Waals surface area contributed by atoms with Gasteiger partial charge in [-0.1, -0.05) is 12.1 Å². The highest BCUT2D eigenvalue weighted by atomic mass is 32.1. The lowest BCUT2D eigenvalue weighted by molar-refractivity contribution is 0.0759. The molecule has 0 saturated carbocycles. The molecule has 2 aliphatic rings. The van der Waals surface area contributed by atoms with Crippen molar-refractivity contribution in [1.82, 2.24) is 14.9 Å². The molecule has 1 amide bonds. The smallest absolute Gasteiger partial charge is 0.255 e. The minimum Gasteiger partial charge on any atom is -0.350 e. The Balaban J connectivity index is 1.41. The van der Waals surface area contributed by atoms with Crippen LogP contribution in [0.15, 0.2) is 42.0 Å². The first-order valence-electron chi connectivity index (χ1n) is 10.5. The first kappa shape index (κ1) is 19.0. The third-order valence-electron chi connectivity index (χ3n) is 6.56. The Morgan fingerprint density at radius 1 is 1.07 bits per heavy atom. The monoisotopic (exact) mass is 417 g/mol. The maximum Gasteiger partial charge on any atom is 0.255 e. The summed E-state index contributed by atoms with van der Waals surface area (Å²) in [6.07, 6.45) is 6.86. The van der Waals surface area contributed by atoms with Crippen molar-refractivity contribution in [3.05, 3.63) is 53.2 Å². The maximum atomic E-state index is 13.2. The van der Waals surface area contributed by atoms with Gasteiger partial charge in [-0.25, -0.2) is 9.97 Å². The van der Waals surface area contributed by atoms with Gasteiger partial charge in [-0.05, 0) is 55.7 Å². The Kier molecular flexibility index (Phi) is 4.87. The molecule has 5 rings (SSSR count). The lowest BCUT2D eigenvalue weighted by atomic mass is 9.87. The largest absolute Gasteiger partial charge is 0.350 e. The van der Waals surface area contributed by atoms with Crippen molar-refractivity contribution < 1.29 is 4.79 Å². The van der Waals surface area contributed by atoms with Crippen LogP contribution in [-0.2, 0) is 0 Å². The molecule has 3 aromatic rings. The Morgan fingerprint density at radius 3 is 2.77 bits per heavy atom. The number of carbonyl (C=O) groups excluding carboxylic acids is 1. The van der Waals surface area contributed by atoms with Gasteiger partial charge in [0.15, 0.2) is 0 Å². The number of thiophene rings is 1. The molecule has 6 nitrogen and oxygen atoms in total. The summed E-state index contributed by atoms with van der Waals surface area (Å²) in [5, 5.41) is 11.5. The lowest BCUT2D eigenvalue weighted by Crippen LogP contribution is -2.45. The van der Waals surface area contributed by atoms with Gasteiger partial charge in [0.05, 0.1) is 27.4 Å². The van der Waals surface area contributed by atoms with E-state index in [1.807, 2.05) is 17.0 Å². The fourth-order valence-electron chi connectivity index (χ4n) is 5.08. The summed E-state index contributed by atoms with van der Waals surface area (Å²) in [4.78, 5) is 26.7. The molecule has 1 spiro atoms.